The maximum atomic E-state index is 13.1. The van der Waals surface area contributed by atoms with Crippen LogP contribution in [0.3, 0.4) is 0 Å². The average Bonchev–Trinajstić information content (AvgIpc) is 2.75. The van der Waals surface area contributed by atoms with Crippen molar-refractivity contribution in [3.05, 3.63) is 59.7 Å². The Morgan fingerprint density at radius 1 is 1.03 bits per heavy atom. The van der Waals surface area contributed by atoms with E-state index in [0.29, 0.717) is 0 Å². The van der Waals surface area contributed by atoms with E-state index in [1.807, 2.05) is 0 Å². The van der Waals surface area contributed by atoms with E-state index in [0.717, 1.165) is 21.9 Å². The van der Waals surface area contributed by atoms with Crippen molar-refractivity contribution in [3.8, 4) is 0 Å². The van der Waals surface area contributed by atoms with E-state index in [9.17, 15) is 27.6 Å². The summed E-state index contributed by atoms with van der Waals surface area (Å²) in [7, 11) is 2.62. The predicted molar refractivity (Wildman–Crippen MR) is 109 cm³/mol. The summed E-state index contributed by atoms with van der Waals surface area (Å²) >= 11 is 0. The molecule has 0 heterocycles. The quantitative estimate of drug-likeness (QED) is 0.741. The number of nitrogens with one attached hydrogen (secondary N) is 1. The molecule has 0 saturated carbocycles. The van der Waals surface area contributed by atoms with Crippen LogP contribution in [0.1, 0.15) is 22.8 Å². The maximum absolute atomic E-state index is 13.1. The standard InChI is InChI=1S/C21H22F3N3O4/c1-4-27(13-18(28)25-16-11-7-6-10-15(16)21(22,23)24)19(29)14-9-5-8-12-17(14)26(2)20(30)31-3/h5-12H,4,13H2,1-3H3,(H,25,28). The predicted octanol–water partition coefficient (Wildman–Crippen LogP) is 4.01. The summed E-state index contributed by atoms with van der Waals surface area (Å²) in [6.07, 6.45) is -5.33. The number of hydrogen-bond acceptors (Lipinski definition) is 4. The van der Waals surface area contributed by atoms with Crippen LogP contribution >= 0.6 is 0 Å². The Kier molecular flexibility index (Phi) is 7.62. The van der Waals surface area contributed by atoms with Gasteiger partial charge in [0.05, 0.1) is 29.6 Å². The first-order valence-electron chi connectivity index (χ1n) is 9.26. The van der Waals surface area contributed by atoms with E-state index in [2.05, 4.69) is 10.1 Å². The van der Waals surface area contributed by atoms with Crippen LogP contribution in [0.15, 0.2) is 48.5 Å². The van der Waals surface area contributed by atoms with Gasteiger partial charge in [-0.1, -0.05) is 24.3 Å². The molecule has 0 spiro atoms. The van der Waals surface area contributed by atoms with Gasteiger partial charge in [-0.3, -0.25) is 14.5 Å². The minimum Gasteiger partial charge on any atom is -0.452 e. The lowest BCUT2D eigenvalue weighted by atomic mass is 10.1. The summed E-state index contributed by atoms with van der Waals surface area (Å²) in [5.41, 5.74) is -0.974. The van der Waals surface area contributed by atoms with Gasteiger partial charge in [0, 0.05) is 13.6 Å². The highest BCUT2D eigenvalue weighted by Crippen LogP contribution is 2.34. The van der Waals surface area contributed by atoms with Crippen molar-refractivity contribution in [1.29, 1.82) is 0 Å². The normalized spacial score (nSPS) is 10.9. The van der Waals surface area contributed by atoms with Crippen molar-refractivity contribution in [1.82, 2.24) is 4.90 Å². The zero-order valence-corrected chi connectivity index (χ0v) is 17.2. The van der Waals surface area contributed by atoms with Crippen LogP contribution in [0.2, 0.25) is 0 Å². The summed E-state index contributed by atoms with van der Waals surface area (Å²) in [6.45, 7) is 1.27. The fourth-order valence-electron chi connectivity index (χ4n) is 2.88. The van der Waals surface area contributed by atoms with Crippen LogP contribution in [-0.2, 0) is 15.7 Å². The minimum absolute atomic E-state index is 0.115. The van der Waals surface area contributed by atoms with Crippen molar-refractivity contribution < 1.29 is 32.3 Å². The molecule has 0 aliphatic heterocycles. The monoisotopic (exact) mass is 437 g/mol. The number of alkyl halides is 3. The van der Waals surface area contributed by atoms with Gasteiger partial charge in [-0.2, -0.15) is 13.2 Å². The number of methoxy groups -OCH3 is 1. The second-order valence-electron chi connectivity index (χ2n) is 6.46. The van der Waals surface area contributed by atoms with Crippen LogP contribution in [0.5, 0.6) is 0 Å². The lowest BCUT2D eigenvalue weighted by molar-refractivity contribution is -0.137. The van der Waals surface area contributed by atoms with Gasteiger partial charge in [-0.05, 0) is 31.2 Å². The fraction of sp³-hybridized carbons (Fsp3) is 0.286. The molecule has 2 aromatic carbocycles. The second kappa shape index (κ2) is 9.96. The lowest BCUT2D eigenvalue weighted by Crippen LogP contribution is -2.39. The van der Waals surface area contributed by atoms with Crippen molar-refractivity contribution >= 4 is 29.3 Å². The third-order valence-electron chi connectivity index (χ3n) is 4.45. The van der Waals surface area contributed by atoms with Gasteiger partial charge in [-0.15, -0.1) is 0 Å². The van der Waals surface area contributed by atoms with Gasteiger partial charge in [0.2, 0.25) is 5.91 Å². The number of rotatable bonds is 6. The number of para-hydroxylation sites is 2. The number of carbonyl (C=O) groups is 3. The van der Waals surface area contributed by atoms with Gasteiger partial charge >= 0.3 is 12.3 Å². The molecule has 0 aliphatic carbocycles. The van der Waals surface area contributed by atoms with E-state index in [1.165, 1.54) is 38.4 Å². The smallest absolute Gasteiger partial charge is 0.418 e. The Morgan fingerprint density at radius 3 is 2.26 bits per heavy atom. The van der Waals surface area contributed by atoms with Gasteiger partial charge in [0.15, 0.2) is 0 Å². The highest BCUT2D eigenvalue weighted by Gasteiger charge is 2.33. The van der Waals surface area contributed by atoms with E-state index in [-0.39, 0.29) is 17.8 Å². The molecule has 7 nitrogen and oxygen atoms in total. The Labute approximate surface area is 177 Å². The number of halogens is 3. The maximum Gasteiger partial charge on any atom is 0.418 e. The third-order valence-corrected chi connectivity index (χ3v) is 4.45. The average molecular weight is 437 g/mol. The van der Waals surface area contributed by atoms with Gasteiger partial charge in [-0.25, -0.2) is 4.79 Å². The molecule has 3 amide bonds. The van der Waals surface area contributed by atoms with E-state index < -0.39 is 41.9 Å². The summed E-state index contributed by atoms with van der Waals surface area (Å²) in [5, 5.41) is 2.22. The molecule has 0 radical (unpaired) electrons. The second-order valence-corrected chi connectivity index (χ2v) is 6.46. The SMILES string of the molecule is CCN(CC(=O)Nc1ccccc1C(F)(F)F)C(=O)c1ccccc1N(C)C(=O)OC. The molecule has 0 saturated heterocycles. The molecule has 0 fully saturated rings. The van der Waals surface area contributed by atoms with Crippen LogP contribution in [0.4, 0.5) is 29.3 Å². The van der Waals surface area contributed by atoms with E-state index in [1.54, 1.807) is 19.1 Å². The highest BCUT2D eigenvalue weighted by molar-refractivity contribution is 6.05. The summed E-state index contributed by atoms with van der Waals surface area (Å²) in [5.74, 6) is -1.35. The molecule has 0 aliphatic rings. The van der Waals surface area contributed by atoms with Crippen LogP contribution in [0, 0.1) is 0 Å². The van der Waals surface area contributed by atoms with Crippen molar-refractivity contribution in [2.45, 2.75) is 13.1 Å². The zero-order chi connectivity index (χ0) is 23.2. The molecule has 31 heavy (non-hydrogen) atoms. The number of benzene rings is 2. The summed E-state index contributed by atoms with van der Waals surface area (Å²) in [6, 6.07) is 10.8. The Hall–Kier alpha value is -3.56. The van der Waals surface area contributed by atoms with E-state index in [4.69, 9.17) is 0 Å². The molecule has 2 aromatic rings. The molecule has 0 unspecified atom stereocenters. The summed E-state index contributed by atoms with van der Waals surface area (Å²) < 4.78 is 44.1. The molecular weight excluding hydrogens is 415 g/mol. The molecule has 10 heteroatoms. The lowest BCUT2D eigenvalue weighted by Gasteiger charge is -2.24. The molecule has 0 bridgehead atoms. The molecule has 2 rings (SSSR count). The Morgan fingerprint density at radius 2 is 1.65 bits per heavy atom. The Balaban J connectivity index is 2.22. The van der Waals surface area contributed by atoms with Crippen LogP contribution in [0.25, 0.3) is 0 Å². The first-order chi connectivity index (χ1) is 14.6. The fourth-order valence-corrected chi connectivity index (χ4v) is 2.88. The van der Waals surface area contributed by atoms with Gasteiger partial charge < -0.3 is 15.0 Å². The topological polar surface area (TPSA) is 79.0 Å². The van der Waals surface area contributed by atoms with E-state index >= 15 is 0 Å². The first kappa shape index (κ1) is 23.7. The van der Waals surface area contributed by atoms with Crippen molar-refractivity contribution in [3.63, 3.8) is 0 Å². The van der Waals surface area contributed by atoms with Crippen LogP contribution in [-0.4, -0.2) is 50.1 Å². The van der Waals surface area contributed by atoms with Crippen molar-refractivity contribution in [2.24, 2.45) is 0 Å². The number of anilines is 2. The third kappa shape index (κ3) is 5.74. The zero-order valence-electron chi connectivity index (χ0n) is 17.2. The van der Waals surface area contributed by atoms with Crippen molar-refractivity contribution in [2.75, 3.05) is 37.5 Å². The molecule has 0 atom stereocenters. The number of amides is 3. The number of ether oxygens (including phenoxy) is 1. The molecular formula is C21H22F3N3O4. The number of nitrogens with zero attached hydrogens (tertiary/aromatic N) is 2. The summed E-state index contributed by atoms with van der Waals surface area (Å²) in [4.78, 5) is 39.6. The molecule has 1 N–H and O–H groups in total. The minimum atomic E-state index is -4.64. The number of hydrogen-bond donors (Lipinski definition) is 1. The van der Waals surface area contributed by atoms with Gasteiger partial charge in [0.25, 0.3) is 5.91 Å². The number of likely N-dealkylation sites (N-methyl/N-ethyl adjacent to an activating group) is 1. The molecule has 0 aromatic heterocycles. The largest absolute Gasteiger partial charge is 0.452 e. The van der Waals surface area contributed by atoms with Gasteiger partial charge in [0.1, 0.15) is 6.54 Å². The highest BCUT2D eigenvalue weighted by atomic mass is 19.4. The number of carbonyl (C=O) groups excluding carboxylic acids is 3. The first-order valence-corrected chi connectivity index (χ1v) is 9.26. The molecule has 166 valence electrons. The van der Waals surface area contributed by atoms with Crippen LogP contribution < -0.4 is 10.2 Å². The Bertz CT molecular complexity index is 963.